The first-order valence-corrected chi connectivity index (χ1v) is 9.99. The lowest BCUT2D eigenvalue weighted by Crippen LogP contribution is -2.61. The highest BCUT2D eigenvalue weighted by Crippen LogP contribution is 2.38. The van der Waals surface area contributed by atoms with E-state index in [4.69, 9.17) is 9.47 Å². The van der Waals surface area contributed by atoms with E-state index >= 15 is 0 Å². The molecule has 2 saturated heterocycles. The van der Waals surface area contributed by atoms with Crippen LogP contribution in [0.4, 0.5) is 0 Å². The minimum atomic E-state index is -0.605. The Bertz CT molecular complexity index is 692. The smallest absolute Gasteiger partial charge is 0.119 e. The highest BCUT2D eigenvalue weighted by Gasteiger charge is 2.45. The molecule has 0 aliphatic carbocycles. The predicted molar refractivity (Wildman–Crippen MR) is 106 cm³/mol. The summed E-state index contributed by atoms with van der Waals surface area (Å²) >= 11 is 0. The van der Waals surface area contributed by atoms with Crippen LogP contribution in [0.1, 0.15) is 31.2 Å². The van der Waals surface area contributed by atoms with Crippen molar-refractivity contribution in [3.63, 3.8) is 0 Å². The molecule has 0 amide bonds. The molecule has 2 aromatic rings. The van der Waals surface area contributed by atoms with Gasteiger partial charge in [-0.25, -0.2) is 0 Å². The molecule has 4 rings (SSSR count). The van der Waals surface area contributed by atoms with Gasteiger partial charge in [-0.1, -0.05) is 48.5 Å². The summed E-state index contributed by atoms with van der Waals surface area (Å²) in [5.74, 6) is 0.896. The summed E-state index contributed by atoms with van der Waals surface area (Å²) in [5, 5.41) is 11.2. The van der Waals surface area contributed by atoms with Crippen LogP contribution in [0.3, 0.4) is 0 Å². The van der Waals surface area contributed by atoms with Crippen LogP contribution in [0, 0.1) is 0 Å². The van der Waals surface area contributed by atoms with E-state index in [-0.39, 0.29) is 12.1 Å². The van der Waals surface area contributed by atoms with Crippen molar-refractivity contribution in [3.05, 3.63) is 66.2 Å². The predicted octanol–water partition coefficient (Wildman–Crippen LogP) is 3.64. The van der Waals surface area contributed by atoms with E-state index in [1.165, 1.54) is 5.56 Å². The highest BCUT2D eigenvalue weighted by atomic mass is 16.5. The van der Waals surface area contributed by atoms with E-state index in [1.54, 1.807) is 0 Å². The molecule has 1 N–H and O–H groups in total. The first-order chi connectivity index (χ1) is 13.2. The molecule has 2 aliphatic heterocycles. The second-order valence-corrected chi connectivity index (χ2v) is 7.90. The Morgan fingerprint density at radius 2 is 1.59 bits per heavy atom. The number of ether oxygens (including phenoxy) is 2. The van der Waals surface area contributed by atoms with Crippen molar-refractivity contribution in [1.29, 1.82) is 0 Å². The number of piperidine rings is 1. The number of fused-ring (bicyclic) bond motifs is 2. The summed E-state index contributed by atoms with van der Waals surface area (Å²) in [4.78, 5) is 2.54. The summed E-state index contributed by atoms with van der Waals surface area (Å²) in [6.07, 6.45) is 3.21. The molecule has 4 heteroatoms. The summed E-state index contributed by atoms with van der Waals surface area (Å²) < 4.78 is 11.6. The van der Waals surface area contributed by atoms with Gasteiger partial charge in [-0.3, -0.25) is 4.90 Å². The average Bonchev–Trinajstić information content (AvgIpc) is 2.68. The Morgan fingerprint density at radius 3 is 2.26 bits per heavy atom. The van der Waals surface area contributed by atoms with Gasteiger partial charge < -0.3 is 14.6 Å². The lowest BCUT2D eigenvalue weighted by atomic mass is 9.78. The molecule has 2 bridgehead atoms. The van der Waals surface area contributed by atoms with Gasteiger partial charge in [0.1, 0.15) is 5.75 Å². The minimum Gasteiger partial charge on any atom is -0.494 e. The number of hydrogen-bond acceptors (Lipinski definition) is 4. The van der Waals surface area contributed by atoms with Gasteiger partial charge in [-0.05, 0) is 43.4 Å². The number of hydrogen-bond donors (Lipinski definition) is 1. The molecule has 0 spiro atoms. The molecule has 2 aliphatic rings. The van der Waals surface area contributed by atoms with Crippen LogP contribution >= 0.6 is 0 Å². The lowest BCUT2D eigenvalue weighted by molar-refractivity contribution is -0.149. The fraction of sp³-hybridized carbons (Fsp3) is 0.478. The lowest BCUT2D eigenvalue weighted by Gasteiger charge is -2.52. The molecule has 27 heavy (non-hydrogen) atoms. The van der Waals surface area contributed by atoms with Crippen LogP contribution in [-0.4, -0.2) is 47.5 Å². The minimum absolute atomic E-state index is 0.290. The van der Waals surface area contributed by atoms with Crippen LogP contribution < -0.4 is 4.74 Å². The highest BCUT2D eigenvalue weighted by molar-refractivity contribution is 5.20. The third-order valence-electron chi connectivity index (χ3n) is 5.80. The first kappa shape index (κ1) is 18.5. The van der Waals surface area contributed by atoms with Gasteiger partial charge in [-0.2, -0.15) is 0 Å². The van der Waals surface area contributed by atoms with Crippen LogP contribution in [0.2, 0.25) is 0 Å². The first-order valence-electron chi connectivity index (χ1n) is 9.99. The number of benzene rings is 2. The summed E-state index contributed by atoms with van der Waals surface area (Å²) in [7, 11) is 0. The molecule has 4 nitrogen and oxygen atoms in total. The van der Waals surface area contributed by atoms with Crippen molar-refractivity contribution >= 4 is 0 Å². The monoisotopic (exact) mass is 367 g/mol. The molecule has 2 heterocycles. The second-order valence-electron chi connectivity index (χ2n) is 7.90. The summed E-state index contributed by atoms with van der Waals surface area (Å²) in [6, 6.07) is 21.1. The third-order valence-corrected chi connectivity index (χ3v) is 5.80. The van der Waals surface area contributed by atoms with Crippen molar-refractivity contribution in [2.45, 2.75) is 49.9 Å². The van der Waals surface area contributed by atoms with Crippen LogP contribution in [0.25, 0.3) is 0 Å². The van der Waals surface area contributed by atoms with Gasteiger partial charge in [0, 0.05) is 18.6 Å². The topological polar surface area (TPSA) is 41.9 Å². The number of morpholine rings is 1. The normalized spacial score (nSPS) is 28.0. The molecule has 2 atom stereocenters. The quantitative estimate of drug-likeness (QED) is 0.759. The summed E-state index contributed by atoms with van der Waals surface area (Å²) in [6.45, 7) is 3.01. The van der Waals surface area contributed by atoms with E-state index in [0.29, 0.717) is 19.8 Å². The third kappa shape index (κ3) is 4.70. The standard InChI is InChI=1S/C23H29NO3/c25-23(12-7-13-27-22-10-5-2-6-11-22)14-20-17-26-18-21(15-23)24(20)16-19-8-3-1-4-9-19/h1-6,8-11,20-21,25H,7,12-18H2. The SMILES string of the molecule is OC1(CCCOc2ccccc2)CC2COCC(C1)N2Cc1ccccc1. The van der Waals surface area contributed by atoms with Crippen molar-refractivity contribution in [3.8, 4) is 5.75 Å². The van der Waals surface area contributed by atoms with Crippen molar-refractivity contribution < 1.29 is 14.6 Å². The van der Waals surface area contributed by atoms with E-state index in [2.05, 4.69) is 35.2 Å². The van der Waals surface area contributed by atoms with Crippen LogP contribution in [-0.2, 0) is 11.3 Å². The molecule has 0 saturated carbocycles. The molecule has 0 radical (unpaired) electrons. The maximum absolute atomic E-state index is 11.2. The van der Waals surface area contributed by atoms with E-state index in [1.807, 2.05) is 30.3 Å². The largest absolute Gasteiger partial charge is 0.494 e. The molecule has 2 aromatic carbocycles. The van der Waals surface area contributed by atoms with Gasteiger partial charge in [0.05, 0.1) is 25.4 Å². The van der Waals surface area contributed by atoms with E-state index in [9.17, 15) is 5.11 Å². The number of nitrogens with zero attached hydrogens (tertiary/aromatic N) is 1. The Labute approximate surface area is 161 Å². The van der Waals surface area contributed by atoms with Crippen LogP contribution in [0.15, 0.2) is 60.7 Å². The van der Waals surface area contributed by atoms with Crippen LogP contribution in [0.5, 0.6) is 5.75 Å². The Balaban J connectivity index is 1.31. The maximum Gasteiger partial charge on any atom is 0.119 e. The van der Waals surface area contributed by atoms with Crippen molar-refractivity contribution in [2.75, 3.05) is 19.8 Å². The van der Waals surface area contributed by atoms with Gasteiger partial charge in [0.15, 0.2) is 0 Å². The number of rotatable bonds is 7. The molecular formula is C23H29NO3. The zero-order valence-electron chi connectivity index (χ0n) is 15.8. The van der Waals surface area contributed by atoms with Crippen molar-refractivity contribution in [1.82, 2.24) is 4.90 Å². The zero-order chi connectivity index (χ0) is 18.5. The van der Waals surface area contributed by atoms with Gasteiger partial charge in [0.25, 0.3) is 0 Å². The van der Waals surface area contributed by atoms with Crippen molar-refractivity contribution in [2.24, 2.45) is 0 Å². The fourth-order valence-corrected chi connectivity index (χ4v) is 4.51. The Kier molecular flexibility index (Phi) is 5.77. The van der Waals surface area contributed by atoms with Gasteiger partial charge >= 0.3 is 0 Å². The number of para-hydroxylation sites is 1. The number of aliphatic hydroxyl groups is 1. The molecule has 0 aromatic heterocycles. The summed E-state index contributed by atoms with van der Waals surface area (Å²) in [5.41, 5.74) is 0.725. The molecule has 144 valence electrons. The second kappa shape index (κ2) is 8.42. The maximum atomic E-state index is 11.2. The van der Waals surface area contributed by atoms with Gasteiger partial charge in [0.2, 0.25) is 0 Å². The molecular weight excluding hydrogens is 338 g/mol. The molecule has 2 unspecified atom stereocenters. The Morgan fingerprint density at radius 1 is 0.963 bits per heavy atom. The van der Waals surface area contributed by atoms with E-state index < -0.39 is 5.60 Å². The fourth-order valence-electron chi connectivity index (χ4n) is 4.51. The zero-order valence-corrected chi connectivity index (χ0v) is 15.8. The Hall–Kier alpha value is -1.88. The molecule has 2 fully saturated rings. The average molecular weight is 367 g/mol. The van der Waals surface area contributed by atoms with Gasteiger partial charge in [-0.15, -0.1) is 0 Å². The van der Waals surface area contributed by atoms with E-state index in [0.717, 1.165) is 38.0 Å².